The van der Waals surface area contributed by atoms with Crippen LogP contribution in [0.15, 0.2) is 54.9 Å². The monoisotopic (exact) mass is 518 g/mol. The van der Waals surface area contributed by atoms with Gasteiger partial charge in [-0.25, -0.2) is 9.97 Å². The maximum atomic E-state index is 13.4. The van der Waals surface area contributed by atoms with E-state index in [1.807, 2.05) is 26.0 Å². The minimum atomic E-state index is -0.0000105. The van der Waals surface area contributed by atoms with Gasteiger partial charge in [-0.15, -0.1) is 0 Å². The van der Waals surface area contributed by atoms with Crippen molar-refractivity contribution in [2.24, 2.45) is 0 Å². The molecule has 0 bridgehead atoms. The molecule has 7 rings (SSSR count). The van der Waals surface area contributed by atoms with Crippen molar-refractivity contribution in [3.05, 3.63) is 77.1 Å². The molecule has 39 heavy (non-hydrogen) atoms. The van der Waals surface area contributed by atoms with Crippen LogP contribution in [0.25, 0.3) is 32.9 Å². The molecule has 0 saturated heterocycles. The standard InChI is InChI=1S/C32H30N4O3/c1-4-14-36-26-11-8-21(39-32-33-12-5-13-34-32)16-24(26)28-25-17-35-31(37)29(25)27-22-10-7-20(38-18(2)3)15-19(22)6-9-23(27)30(28)36/h5,7-8,10-13,15-16,18H,4,6,9,14,17H2,1-3H3,(H,35,37). The first kappa shape index (κ1) is 23.7. The van der Waals surface area contributed by atoms with E-state index in [-0.39, 0.29) is 12.0 Å². The second-order valence-electron chi connectivity index (χ2n) is 10.6. The average Bonchev–Trinajstić information content (AvgIpc) is 3.46. The van der Waals surface area contributed by atoms with E-state index in [9.17, 15) is 4.79 Å². The minimum Gasteiger partial charge on any atom is -0.491 e. The lowest BCUT2D eigenvalue weighted by Crippen LogP contribution is -2.16. The van der Waals surface area contributed by atoms with Gasteiger partial charge in [0.15, 0.2) is 0 Å². The number of carbonyl (C=O) groups excluding carboxylic acids is 1. The van der Waals surface area contributed by atoms with Crippen LogP contribution in [0.4, 0.5) is 0 Å². The van der Waals surface area contributed by atoms with Crippen LogP contribution in [0.1, 0.15) is 54.2 Å². The van der Waals surface area contributed by atoms with Crippen molar-refractivity contribution >= 4 is 27.7 Å². The summed E-state index contributed by atoms with van der Waals surface area (Å²) in [7, 11) is 0. The molecule has 0 fully saturated rings. The van der Waals surface area contributed by atoms with Gasteiger partial charge in [-0.1, -0.05) is 13.0 Å². The highest BCUT2D eigenvalue weighted by Crippen LogP contribution is 2.48. The molecule has 7 heteroatoms. The van der Waals surface area contributed by atoms with Gasteiger partial charge in [0, 0.05) is 47.3 Å². The molecule has 0 unspecified atom stereocenters. The zero-order valence-corrected chi connectivity index (χ0v) is 22.4. The Morgan fingerprint density at radius 2 is 1.82 bits per heavy atom. The molecule has 0 saturated carbocycles. The molecule has 1 aliphatic heterocycles. The molecule has 3 heterocycles. The van der Waals surface area contributed by atoms with Gasteiger partial charge in [0.2, 0.25) is 0 Å². The number of hydrogen-bond donors (Lipinski definition) is 1. The van der Waals surface area contributed by atoms with Gasteiger partial charge in [0.05, 0.1) is 17.2 Å². The molecule has 5 aromatic rings. The highest BCUT2D eigenvalue weighted by molar-refractivity contribution is 6.19. The highest BCUT2D eigenvalue weighted by atomic mass is 16.5. The quantitative estimate of drug-likeness (QED) is 0.275. The molecule has 0 radical (unpaired) electrons. The Morgan fingerprint density at radius 3 is 2.62 bits per heavy atom. The molecule has 2 aliphatic rings. The van der Waals surface area contributed by atoms with E-state index < -0.39 is 0 Å². The summed E-state index contributed by atoms with van der Waals surface area (Å²) in [5, 5.41) is 5.37. The van der Waals surface area contributed by atoms with Gasteiger partial charge in [0.1, 0.15) is 11.5 Å². The summed E-state index contributed by atoms with van der Waals surface area (Å²) in [4.78, 5) is 21.8. The van der Waals surface area contributed by atoms with E-state index in [0.717, 1.165) is 70.1 Å². The number of amides is 1. The van der Waals surface area contributed by atoms with E-state index >= 15 is 0 Å². The van der Waals surface area contributed by atoms with Crippen LogP contribution in [-0.2, 0) is 25.9 Å². The fraction of sp³-hybridized carbons (Fsp3) is 0.281. The number of nitrogens with one attached hydrogen (secondary N) is 1. The van der Waals surface area contributed by atoms with E-state index in [2.05, 4.69) is 51.0 Å². The molecular formula is C32H30N4O3. The topological polar surface area (TPSA) is 78.3 Å². The summed E-state index contributed by atoms with van der Waals surface area (Å²) in [6, 6.07) is 14.6. The van der Waals surface area contributed by atoms with Crippen LogP contribution in [-0.4, -0.2) is 26.5 Å². The first-order valence-electron chi connectivity index (χ1n) is 13.7. The van der Waals surface area contributed by atoms with Gasteiger partial charge >= 0.3 is 6.01 Å². The molecule has 0 spiro atoms. The molecule has 7 nitrogen and oxygen atoms in total. The second-order valence-corrected chi connectivity index (χ2v) is 10.6. The zero-order valence-electron chi connectivity index (χ0n) is 22.4. The Balaban J connectivity index is 1.50. The van der Waals surface area contributed by atoms with Gasteiger partial charge in [-0.2, -0.15) is 0 Å². The maximum Gasteiger partial charge on any atom is 0.321 e. The summed E-state index contributed by atoms with van der Waals surface area (Å²) >= 11 is 0. The van der Waals surface area contributed by atoms with Gasteiger partial charge in [-0.3, -0.25) is 4.79 Å². The molecule has 196 valence electrons. The maximum absolute atomic E-state index is 13.4. The first-order valence-corrected chi connectivity index (χ1v) is 13.7. The fourth-order valence-electron chi connectivity index (χ4n) is 6.31. The Labute approximate surface area is 226 Å². The SMILES string of the molecule is CCCn1c2ccc(Oc3ncccn3)cc2c2c3c(c4c(c21)CCc1cc(OC(C)C)ccc1-4)C(=O)NC3. The van der Waals surface area contributed by atoms with Crippen molar-refractivity contribution in [3.8, 4) is 28.6 Å². The summed E-state index contributed by atoms with van der Waals surface area (Å²) in [5.41, 5.74) is 8.97. The van der Waals surface area contributed by atoms with Crippen LogP contribution in [0, 0.1) is 0 Å². The smallest absolute Gasteiger partial charge is 0.321 e. The van der Waals surface area contributed by atoms with Crippen LogP contribution in [0.2, 0.25) is 0 Å². The molecule has 2 aromatic heterocycles. The number of fused-ring (bicyclic) bond motifs is 10. The number of nitrogens with zero attached hydrogens (tertiary/aromatic N) is 3. The molecule has 1 N–H and O–H groups in total. The van der Waals surface area contributed by atoms with Crippen molar-refractivity contribution < 1.29 is 14.3 Å². The predicted molar refractivity (Wildman–Crippen MR) is 152 cm³/mol. The summed E-state index contributed by atoms with van der Waals surface area (Å²) in [6.07, 6.45) is 6.22. The van der Waals surface area contributed by atoms with Gasteiger partial charge < -0.3 is 19.4 Å². The predicted octanol–water partition coefficient (Wildman–Crippen LogP) is 6.58. The van der Waals surface area contributed by atoms with Gasteiger partial charge in [-0.05, 0) is 91.8 Å². The number of ether oxygens (including phenoxy) is 2. The van der Waals surface area contributed by atoms with Crippen molar-refractivity contribution in [1.82, 2.24) is 19.9 Å². The third-order valence-electron chi connectivity index (χ3n) is 7.69. The highest BCUT2D eigenvalue weighted by Gasteiger charge is 2.34. The summed E-state index contributed by atoms with van der Waals surface area (Å²) < 4.78 is 14.5. The average molecular weight is 519 g/mol. The Bertz CT molecular complexity index is 1770. The first-order chi connectivity index (χ1) is 19.0. The summed E-state index contributed by atoms with van der Waals surface area (Å²) in [5.74, 6) is 1.56. The van der Waals surface area contributed by atoms with E-state index in [1.54, 1.807) is 18.5 Å². The minimum absolute atomic E-state index is 0.0000105. The molecule has 3 aromatic carbocycles. The largest absolute Gasteiger partial charge is 0.491 e. The third kappa shape index (κ3) is 3.75. The van der Waals surface area contributed by atoms with Crippen molar-refractivity contribution in [1.29, 1.82) is 0 Å². The Hall–Kier alpha value is -4.39. The zero-order chi connectivity index (χ0) is 26.7. The van der Waals surface area contributed by atoms with Crippen LogP contribution < -0.4 is 14.8 Å². The number of aryl methyl sites for hydroxylation is 3. The number of carbonyl (C=O) groups is 1. The molecule has 0 atom stereocenters. The van der Waals surface area contributed by atoms with Crippen LogP contribution >= 0.6 is 0 Å². The number of hydrogen-bond acceptors (Lipinski definition) is 5. The molecule has 1 amide bonds. The van der Waals surface area contributed by atoms with Gasteiger partial charge in [0.25, 0.3) is 5.91 Å². The van der Waals surface area contributed by atoms with Crippen LogP contribution in [0.3, 0.4) is 0 Å². The lowest BCUT2D eigenvalue weighted by atomic mass is 9.80. The van der Waals surface area contributed by atoms with Crippen molar-refractivity contribution in [3.63, 3.8) is 0 Å². The fourth-order valence-corrected chi connectivity index (χ4v) is 6.31. The Morgan fingerprint density at radius 1 is 1.00 bits per heavy atom. The summed E-state index contributed by atoms with van der Waals surface area (Å²) in [6.45, 7) is 7.69. The molecule has 1 aliphatic carbocycles. The molecular weight excluding hydrogens is 488 g/mol. The van der Waals surface area contributed by atoms with Crippen LogP contribution in [0.5, 0.6) is 17.5 Å². The van der Waals surface area contributed by atoms with Crippen molar-refractivity contribution in [2.45, 2.75) is 59.2 Å². The lowest BCUT2D eigenvalue weighted by molar-refractivity contribution is 0.0966. The van der Waals surface area contributed by atoms with E-state index in [4.69, 9.17) is 9.47 Å². The third-order valence-corrected chi connectivity index (χ3v) is 7.69. The number of aromatic nitrogens is 3. The normalized spacial score (nSPS) is 13.9. The van der Waals surface area contributed by atoms with E-state index in [1.165, 1.54) is 16.6 Å². The lowest BCUT2D eigenvalue weighted by Gasteiger charge is -2.25. The van der Waals surface area contributed by atoms with Crippen molar-refractivity contribution in [2.75, 3.05) is 0 Å². The number of rotatable bonds is 6. The second kappa shape index (κ2) is 9.12. The van der Waals surface area contributed by atoms with E-state index in [0.29, 0.717) is 18.3 Å². The Kier molecular flexibility index (Phi) is 5.54. The number of benzene rings is 3.